The van der Waals surface area contributed by atoms with Gasteiger partial charge in [-0.1, -0.05) is 19.0 Å². The molecule has 13 heavy (non-hydrogen) atoms. The summed E-state index contributed by atoms with van der Waals surface area (Å²) in [6.07, 6.45) is 1.14. The molecule has 0 radical (unpaired) electrons. The van der Waals surface area contributed by atoms with Crippen LogP contribution in [-0.4, -0.2) is 10.1 Å². The Morgan fingerprint density at radius 1 is 1.62 bits per heavy atom. The molecule has 0 amide bonds. The van der Waals surface area contributed by atoms with E-state index in [4.69, 9.17) is 10.3 Å². The average molecular weight is 181 g/mol. The number of hydrogen-bond acceptors (Lipinski definition) is 4. The predicted molar refractivity (Wildman–Crippen MR) is 48.0 cm³/mol. The lowest BCUT2D eigenvalue weighted by molar-refractivity contribution is 0.356. The van der Waals surface area contributed by atoms with E-state index < -0.39 is 0 Å². The van der Waals surface area contributed by atoms with Crippen LogP contribution in [-0.2, 0) is 0 Å². The highest BCUT2D eigenvalue weighted by Gasteiger charge is 2.49. The van der Waals surface area contributed by atoms with Crippen LogP contribution >= 0.6 is 0 Å². The lowest BCUT2D eigenvalue weighted by atomic mass is 10.1. The fourth-order valence-corrected chi connectivity index (χ4v) is 1.48. The molecular formula is C9H15N3O. The van der Waals surface area contributed by atoms with Crippen molar-refractivity contribution in [1.29, 1.82) is 0 Å². The van der Waals surface area contributed by atoms with Crippen LogP contribution in [0.4, 0.5) is 0 Å². The van der Waals surface area contributed by atoms with Crippen molar-refractivity contribution >= 4 is 0 Å². The first-order valence-corrected chi connectivity index (χ1v) is 4.60. The molecule has 1 fully saturated rings. The topological polar surface area (TPSA) is 64.9 Å². The molecule has 0 bridgehead atoms. The highest BCUT2D eigenvalue weighted by atomic mass is 16.5. The number of rotatable bonds is 2. The number of hydrogen-bond donors (Lipinski definition) is 1. The maximum Gasteiger partial charge on any atom is 0.243 e. The van der Waals surface area contributed by atoms with Gasteiger partial charge >= 0.3 is 0 Å². The molecule has 1 aliphatic rings. The van der Waals surface area contributed by atoms with Crippen molar-refractivity contribution in [1.82, 2.24) is 10.1 Å². The highest BCUT2D eigenvalue weighted by molar-refractivity contribution is 5.14. The molecule has 4 nitrogen and oxygen atoms in total. The van der Waals surface area contributed by atoms with E-state index in [-0.39, 0.29) is 6.04 Å². The molecule has 0 aliphatic heterocycles. The van der Waals surface area contributed by atoms with Gasteiger partial charge in [0.2, 0.25) is 5.89 Å². The Labute approximate surface area is 77.5 Å². The van der Waals surface area contributed by atoms with Crippen LogP contribution in [0.1, 0.15) is 50.9 Å². The average Bonchev–Trinajstić information content (AvgIpc) is 2.50. The maximum atomic E-state index is 5.62. The normalized spacial score (nSPS) is 27.2. The summed E-state index contributed by atoms with van der Waals surface area (Å²) in [7, 11) is 0. The van der Waals surface area contributed by atoms with Gasteiger partial charge in [-0.15, -0.1) is 0 Å². The minimum Gasteiger partial charge on any atom is -0.338 e. The third-order valence-corrected chi connectivity index (χ3v) is 2.67. The molecular weight excluding hydrogens is 166 g/mol. The van der Waals surface area contributed by atoms with Crippen molar-refractivity contribution in [3.63, 3.8) is 0 Å². The van der Waals surface area contributed by atoms with Crippen molar-refractivity contribution < 1.29 is 4.52 Å². The van der Waals surface area contributed by atoms with Crippen molar-refractivity contribution in [3.05, 3.63) is 11.7 Å². The van der Waals surface area contributed by atoms with Gasteiger partial charge in [0.05, 0.1) is 6.04 Å². The van der Waals surface area contributed by atoms with Gasteiger partial charge in [0, 0.05) is 5.92 Å². The van der Waals surface area contributed by atoms with Crippen LogP contribution < -0.4 is 5.73 Å². The Morgan fingerprint density at radius 2 is 2.23 bits per heavy atom. The summed E-state index contributed by atoms with van der Waals surface area (Å²) < 4.78 is 5.03. The SMILES string of the molecule is CC(N)c1nc(C2CC2(C)C)no1. The third-order valence-electron chi connectivity index (χ3n) is 2.67. The Hall–Kier alpha value is -0.900. The standard InChI is InChI=1S/C9H15N3O/c1-5(10)8-11-7(12-13-8)6-4-9(6,2)3/h5-6H,4,10H2,1-3H3. The van der Waals surface area contributed by atoms with Crippen LogP contribution in [0.5, 0.6) is 0 Å². The zero-order valence-corrected chi connectivity index (χ0v) is 8.24. The summed E-state index contributed by atoms with van der Waals surface area (Å²) in [5.74, 6) is 1.82. The van der Waals surface area contributed by atoms with E-state index >= 15 is 0 Å². The van der Waals surface area contributed by atoms with Crippen LogP contribution in [0.25, 0.3) is 0 Å². The third kappa shape index (κ3) is 1.46. The molecule has 1 aromatic rings. The lowest BCUT2D eigenvalue weighted by Gasteiger charge is -1.96. The first-order chi connectivity index (χ1) is 6.00. The van der Waals surface area contributed by atoms with E-state index in [1.807, 2.05) is 6.92 Å². The molecule has 1 saturated carbocycles. The summed E-state index contributed by atoms with van der Waals surface area (Å²) in [6.45, 7) is 6.26. The minimum atomic E-state index is -0.164. The second kappa shape index (κ2) is 2.54. The Bertz CT molecular complexity index is 316. The molecule has 72 valence electrons. The van der Waals surface area contributed by atoms with Gasteiger partial charge in [-0.05, 0) is 18.8 Å². The van der Waals surface area contributed by atoms with Gasteiger partial charge in [0.15, 0.2) is 5.82 Å². The van der Waals surface area contributed by atoms with Gasteiger partial charge in [-0.2, -0.15) is 4.98 Å². The largest absolute Gasteiger partial charge is 0.338 e. The van der Waals surface area contributed by atoms with E-state index in [1.165, 1.54) is 0 Å². The Kier molecular flexibility index (Phi) is 1.70. The van der Waals surface area contributed by atoms with Crippen LogP contribution in [0.2, 0.25) is 0 Å². The summed E-state index contributed by atoms with van der Waals surface area (Å²) in [5, 5.41) is 3.93. The number of nitrogens with two attached hydrogens (primary N) is 1. The molecule has 2 rings (SSSR count). The van der Waals surface area contributed by atoms with Crippen LogP contribution in [0.15, 0.2) is 4.52 Å². The van der Waals surface area contributed by atoms with E-state index in [9.17, 15) is 0 Å². The summed E-state index contributed by atoms with van der Waals surface area (Å²) >= 11 is 0. The van der Waals surface area contributed by atoms with Gasteiger partial charge in [-0.3, -0.25) is 0 Å². The van der Waals surface area contributed by atoms with Crippen molar-refractivity contribution in [3.8, 4) is 0 Å². The summed E-state index contributed by atoms with van der Waals surface area (Å²) in [5.41, 5.74) is 5.97. The zero-order chi connectivity index (χ0) is 9.64. The Balaban J connectivity index is 2.16. The molecule has 1 heterocycles. The van der Waals surface area contributed by atoms with Gasteiger partial charge in [-0.25, -0.2) is 0 Å². The van der Waals surface area contributed by atoms with Crippen LogP contribution in [0.3, 0.4) is 0 Å². The smallest absolute Gasteiger partial charge is 0.243 e. The molecule has 1 aromatic heterocycles. The van der Waals surface area contributed by atoms with E-state index in [0.717, 1.165) is 12.2 Å². The molecule has 2 unspecified atom stereocenters. The van der Waals surface area contributed by atoms with Gasteiger partial charge in [0.1, 0.15) is 0 Å². The number of nitrogens with zero attached hydrogens (tertiary/aromatic N) is 2. The van der Waals surface area contributed by atoms with Gasteiger partial charge in [0.25, 0.3) is 0 Å². The molecule has 2 N–H and O–H groups in total. The Morgan fingerprint density at radius 3 is 2.62 bits per heavy atom. The molecule has 1 aliphatic carbocycles. The summed E-state index contributed by atoms with van der Waals surface area (Å²) in [4.78, 5) is 4.26. The lowest BCUT2D eigenvalue weighted by Crippen LogP contribution is -2.05. The number of aromatic nitrogens is 2. The van der Waals surface area contributed by atoms with Crippen molar-refractivity contribution in [2.75, 3.05) is 0 Å². The van der Waals surface area contributed by atoms with E-state index in [1.54, 1.807) is 0 Å². The molecule has 0 saturated heterocycles. The summed E-state index contributed by atoms with van der Waals surface area (Å²) in [6, 6.07) is -0.164. The quantitative estimate of drug-likeness (QED) is 0.752. The zero-order valence-electron chi connectivity index (χ0n) is 8.24. The highest BCUT2D eigenvalue weighted by Crippen LogP contribution is 2.57. The second-order valence-corrected chi connectivity index (χ2v) is 4.52. The van der Waals surface area contributed by atoms with E-state index in [2.05, 4.69) is 24.0 Å². The predicted octanol–water partition coefficient (Wildman–Crippen LogP) is 1.60. The van der Waals surface area contributed by atoms with Crippen molar-refractivity contribution in [2.24, 2.45) is 11.1 Å². The fraction of sp³-hybridized carbons (Fsp3) is 0.778. The minimum absolute atomic E-state index is 0.164. The van der Waals surface area contributed by atoms with E-state index in [0.29, 0.717) is 17.2 Å². The first kappa shape index (κ1) is 8.69. The fourth-order valence-electron chi connectivity index (χ4n) is 1.48. The molecule has 2 atom stereocenters. The molecule has 4 heteroatoms. The monoisotopic (exact) mass is 181 g/mol. The first-order valence-electron chi connectivity index (χ1n) is 4.60. The van der Waals surface area contributed by atoms with Gasteiger partial charge < -0.3 is 10.3 Å². The second-order valence-electron chi connectivity index (χ2n) is 4.52. The molecule has 0 aromatic carbocycles. The van der Waals surface area contributed by atoms with Crippen molar-refractivity contribution in [2.45, 2.75) is 39.2 Å². The van der Waals surface area contributed by atoms with Crippen LogP contribution in [0, 0.1) is 5.41 Å². The maximum absolute atomic E-state index is 5.62. The molecule has 0 spiro atoms.